The first-order chi connectivity index (χ1) is 14.4. The molecule has 0 radical (unpaired) electrons. The van der Waals surface area contributed by atoms with Crippen molar-refractivity contribution in [3.05, 3.63) is 52.3 Å². The molecule has 30 heavy (non-hydrogen) atoms. The largest absolute Gasteiger partial charge is 0.493 e. The molecule has 2 aromatic heterocycles. The Morgan fingerprint density at radius 2 is 2.00 bits per heavy atom. The Labute approximate surface area is 179 Å². The number of amides is 1. The summed E-state index contributed by atoms with van der Waals surface area (Å²) in [6, 6.07) is 9.10. The normalized spacial score (nSPS) is 15.7. The number of carbonyl (C=O) groups is 1. The molecule has 9 heteroatoms. The molecule has 0 saturated heterocycles. The predicted molar refractivity (Wildman–Crippen MR) is 113 cm³/mol. The number of halogens is 1. The molecule has 1 atom stereocenters. The van der Waals surface area contributed by atoms with Gasteiger partial charge in [-0.1, -0.05) is 17.7 Å². The van der Waals surface area contributed by atoms with E-state index in [1.807, 2.05) is 39.0 Å². The van der Waals surface area contributed by atoms with Crippen LogP contribution >= 0.6 is 11.6 Å². The summed E-state index contributed by atoms with van der Waals surface area (Å²) >= 11 is 5.85. The fraction of sp³-hybridized carbons (Fsp3) is 0.333. The Hall–Kier alpha value is -3.13. The maximum absolute atomic E-state index is 12.6. The molecule has 4 rings (SSSR count). The maximum Gasteiger partial charge on any atom is 0.226 e. The van der Waals surface area contributed by atoms with E-state index in [1.165, 1.54) is 0 Å². The number of ether oxygens (including phenoxy) is 2. The third-order valence-corrected chi connectivity index (χ3v) is 5.09. The van der Waals surface area contributed by atoms with E-state index in [1.54, 1.807) is 23.9 Å². The third-order valence-electron chi connectivity index (χ3n) is 4.89. The molecule has 1 aliphatic heterocycles. The van der Waals surface area contributed by atoms with Crippen LogP contribution in [0.1, 0.15) is 43.0 Å². The molecule has 1 aliphatic rings. The van der Waals surface area contributed by atoms with Gasteiger partial charge in [0, 0.05) is 17.9 Å². The molecule has 0 fully saturated rings. The summed E-state index contributed by atoms with van der Waals surface area (Å²) in [7, 11) is 1.61. The number of aromatic nitrogens is 4. The van der Waals surface area contributed by atoms with E-state index in [2.05, 4.69) is 20.6 Å². The second kappa shape index (κ2) is 7.95. The van der Waals surface area contributed by atoms with Crippen LogP contribution in [-0.2, 0) is 4.79 Å². The van der Waals surface area contributed by atoms with E-state index in [9.17, 15) is 4.79 Å². The zero-order chi connectivity index (χ0) is 21.4. The van der Waals surface area contributed by atoms with Crippen molar-refractivity contribution < 1.29 is 14.3 Å². The van der Waals surface area contributed by atoms with Gasteiger partial charge < -0.3 is 14.8 Å². The SMILES string of the molecule is COc1ccc([C@H]2CC(=O)Nc3c2c(C)nn3-c2ccc(Cl)nn2)cc1OC(C)C. The Bertz CT molecular complexity index is 1090. The van der Waals surface area contributed by atoms with E-state index in [0.29, 0.717) is 29.6 Å². The average molecular weight is 428 g/mol. The summed E-state index contributed by atoms with van der Waals surface area (Å²) in [6.07, 6.45) is 0.298. The molecular weight excluding hydrogens is 406 g/mol. The standard InChI is InChI=1S/C21H22ClN5O3/c1-11(2)30-16-9-13(5-6-15(16)29-4)14-10-19(28)23-21-20(14)12(3)26-27(21)18-8-7-17(22)24-25-18/h5-9,11,14H,10H2,1-4H3,(H,23,28)/t14-/m1/s1. The van der Waals surface area contributed by atoms with E-state index < -0.39 is 0 Å². The molecule has 0 spiro atoms. The Morgan fingerprint density at radius 1 is 1.20 bits per heavy atom. The Kier molecular flexibility index (Phi) is 5.34. The van der Waals surface area contributed by atoms with Crippen molar-refractivity contribution in [1.29, 1.82) is 0 Å². The zero-order valence-electron chi connectivity index (χ0n) is 17.1. The van der Waals surface area contributed by atoms with Crippen LogP contribution in [0.4, 0.5) is 5.82 Å². The van der Waals surface area contributed by atoms with Crippen LogP contribution in [0.5, 0.6) is 11.5 Å². The van der Waals surface area contributed by atoms with Crippen LogP contribution in [0.3, 0.4) is 0 Å². The summed E-state index contributed by atoms with van der Waals surface area (Å²) in [5, 5.41) is 15.8. The van der Waals surface area contributed by atoms with E-state index in [0.717, 1.165) is 16.8 Å². The molecule has 0 bridgehead atoms. The molecule has 0 aliphatic carbocycles. The number of nitrogens with zero attached hydrogens (tertiary/aromatic N) is 4. The number of nitrogens with one attached hydrogen (secondary N) is 1. The van der Waals surface area contributed by atoms with Gasteiger partial charge in [0.25, 0.3) is 0 Å². The van der Waals surface area contributed by atoms with Crippen LogP contribution in [0.2, 0.25) is 5.15 Å². The lowest BCUT2D eigenvalue weighted by Gasteiger charge is -2.25. The molecule has 1 N–H and O–H groups in total. The lowest BCUT2D eigenvalue weighted by molar-refractivity contribution is -0.116. The van der Waals surface area contributed by atoms with Gasteiger partial charge in [-0.25, -0.2) is 0 Å². The molecule has 3 aromatic rings. The predicted octanol–water partition coefficient (Wildman–Crippen LogP) is 3.89. The number of rotatable bonds is 5. The molecule has 1 amide bonds. The van der Waals surface area contributed by atoms with Crippen LogP contribution < -0.4 is 14.8 Å². The molecule has 3 heterocycles. The second-order valence-corrected chi connectivity index (χ2v) is 7.74. The van der Waals surface area contributed by atoms with Gasteiger partial charge in [-0.3, -0.25) is 4.79 Å². The summed E-state index contributed by atoms with van der Waals surface area (Å²) < 4.78 is 12.9. The van der Waals surface area contributed by atoms with Gasteiger partial charge >= 0.3 is 0 Å². The van der Waals surface area contributed by atoms with Gasteiger partial charge in [0.2, 0.25) is 5.91 Å². The van der Waals surface area contributed by atoms with Crippen molar-refractivity contribution in [2.24, 2.45) is 0 Å². The quantitative estimate of drug-likeness (QED) is 0.664. The number of hydrogen-bond donors (Lipinski definition) is 1. The molecular formula is C21H22ClN5O3. The van der Waals surface area contributed by atoms with Crippen LogP contribution in [0.25, 0.3) is 5.82 Å². The zero-order valence-corrected chi connectivity index (χ0v) is 17.9. The minimum Gasteiger partial charge on any atom is -0.493 e. The molecule has 0 saturated carbocycles. The van der Waals surface area contributed by atoms with Crippen molar-refractivity contribution in [1.82, 2.24) is 20.0 Å². The third kappa shape index (κ3) is 3.70. The van der Waals surface area contributed by atoms with E-state index >= 15 is 0 Å². The van der Waals surface area contributed by atoms with Crippen molar-refractivity contribution in [3.63, 3.8) is 0 Å². The van der Waals surface area contributed by atoms with Gasteiger partial charge in [0.15, 0.2) is 22.5 Å². The highest BCUT2D eigenvalue weighted by molar-refractivity contribution is 6.29. The van der Waals surface area contributed by atoms with Crippen LogP contribution in [0.15, 0.2) is 30.3 Å². The first-order valence-corrected chi connectivity index (χ1v) is 9.98. The lowest BCUT2D eigenvalue weighted by atomic mass is 9.85. The average Bonchev–Trinajstić information content (AvgIpc) is 3.03. The van der Waals surface area contributed by atoms with Crippen molar-refractivity contribution in [2.75, 3.05) is 12.4 Å². The van der Waals surface area contributed by atoms with Crippen molar-refractivity contribution in [3.8, 4) is 17.3 Å². The monoisotopic (exact) mass is 427 g/mol. The summed E-state index contributed by atoms with van der Waals surface area (Å²) in [6.45, 7) is 5.83. The highest BCUT2D eigenvalue weighted by atomic mass is 35.5. The van der Waals surface area contributed by atoms with Crippen molar-refractivity contribution >= 4 is 23.3 Å². The molecule has 0 unspecified atom stereocenters. The van der Waals surface area contributed by atoms with E-state index in [-0.39, 0.29) is 23.1 Å². The fourth-order valence-corrected chi connectivity index (χ4v) is 3.78. The molecule has 8 nitrogen and oxygen atoms in total. The lowest BCUT2D eigenvalue weighted by Crippen LogP contribution is -2.25. The van der Waals surface area contributed by atoms with Crippen molar-refractivity contribution in [2.45, 2.75) is 39.2 Å². The number of carbonyl (C=O) groups excluding carboxylic acids is 1. The van der Waals surface area contributed by atoms with Crippen LogP contribution in [-0.4, -0.2) is 39.1 Å². The minimum atomic E-state index is -0.178. The molecule has 156 valence electrons. The van der Waals surface area contributed by atoms with Gasteiger partial charge in [0.05, 0.1) is 18.9 Å². The number of benzene rings is 1. The number of anilines is 1. The minimum absolute atomic E-state index is 0.00710. The smallest absolute Gasteiger partial charge is 0.226 e. The number of methoxy groups -OCH3 is 1. The highest BCUT2D eigenvalue weighted by Gasteiger charge is 2.33. The topological polar surface area (TPSA) is 91.2 Å². The Balaban J connectivity index is 1.81. The van der Waals surface area contributed by atoms with Gasteiger partial charge in [-0.15, -0.1) is 10.2 Å². The van der Waals surface area contributed by atoms with Gasteiger partial charge in [-0.05, 0) is 50.6 Å². The number of fused-ring (bicyclic) bond motifs is 1. The second-order valence-electron chi connectivity index (χ2n) is 7.36. The van der Waals surface area contributed by atoms with Gasteiger partial charge in [-0.2, -0.15) is 9.78 Å². The Morgan fingerprint density at radius 3 is 2.67 bits per heavy atom. The highest BCUT2D eigenvalue weighted by Crippen LogP contribution is 2.42. The fourth-order valence-electron chi connectivity index (χ4n) is 3.68. The number of hydrogen-bond acceptors (Lipinski definition) is 6. The summed E-state index contributed by atoms with van der Waals surface area (Å²) in [4.78, 5) is 12.6. The van der Waals surface area contributed by atoms with Gasteiger partial charge in [0.1, 0.15) is 5.82 Å². The van der Waals surface area contributed by atoms with E-state index in [4.69, 9.17) is 21.1 Å². The number of aryl methyl sites for hydroxylation is 1. The van der Waals surface area contributed by atoms with Crippen LogP contribution in [0, 0.1) is 6.92 Å². The molecule has 1 aromatic carbocycles. The first kappa shape index (κ1) is 20.2. The maximum atomic E-state index is 12.6. The summed E-state index contributed by atoms with van der Waals surface area (Å²) in [5.74, 6) is 2.08. The summed E-state index contributed by atoms with van der Waals surface area (Å²) in [5.41, 5.74) is 2.69. The first-order valence-electron chi connectivity index (χ1n) is 9.61.